The van der Waals surface area contributed by atoms with Gasteiger partial charge in [-0.3, -0.25) is 4.79 Å². The predicted octanol–water partition coefficient (Wildman–Crippen LogP) is 4.73. The van der Waals surface area contributed by atoms with Crippen LogP contribution < -0.4 is 10.1 Å². The third-order valence-electron chi connectivity index (χ3n) is 3.81. The number of halogens is 2. The van der Waals surface area contributed by atoms with Crippen LogP contribution in [0.3, 0.4) is 0 Å². The summed E-state index contributed by atoms with van der Waals surface area (Å²) in [5.41, 5.74) is 1.09. The molecule has 130 valence electrons. The summed E-state index contributed by atoms with van der Waals surface area (Å²) in [7, 11) is 0. The molecule has 0 bridgehead atoms. The second kappa shape index (κ2) is 7.15. The number of furan rings is 1. The van der Waals surface area contributed by atoms with Crippen LogP contribution in [0.2, 0.25) is 5.02 Å². The van der Waals surface area contributed by atoms with Gasteiger partial charge in [0.05, 0.1) is 6.54 Å². The van der Waals surface area contributed by atoms with Crippen LogP contribution in [0.1, 0.15) is 23.0 Å². The average molecular weight is 362 g/mol. The Balaban J connectivity index is 1.64. The highest BCUT2D eigenvalue weighted by molar-refractivity contribution is 6.30. The summed E-state index contributed by atoms with van der Waals surface area (Å²) in [5, 5.41) is 3.99. The molecule has 3 rings (SSSR count). The molecule has 0 aliphatic rings. The normalized spacial score (nSPS) is 12.2. The summed E-state index contributed by atoms with van der Waals surface area (Å²) in [4.78, 5) is 12.3. The van der Waals surface area contributed by atoms with Crippen molar-refractivity contribution in [3.05, 3.63) is 64.6 Å². The molecule has 6 heteroatoms. The quantitative estimate of drug-likeness (QED) is 0.714. The van der Waals surface area contributed by atoms with Gasteiger partial charge in [-0.25, -0.2) is 4.39 Å². The van der Waals surface area contributed by atoms with Gasteiger partial charge in [0.1, 0.15) is 23.3 Å². The van der Waals surface area contributed by atoms with Crippen LogP contribution in [0.25, 0.3) is 11.0 Å². The number of fused-ring (bicyclic) bond motifs is 1. The molecule has 0 aliphatic heterocycles. The third-order valence-corrected chi connectivity index (χ3v) is 4.06. The second-order valence-electron chi connectivity index (χ2n) is 5.79. The molecule has 0 fully saturated rings. The molecule has 0 radical (unpaired) electrons. The first-order chi connectivity index (χ1) is 11.9. The molecule has 0 aliphatic carbocycles. The Morgan fingerprint density at radius 2 is 2.00 bits per heavy atom. The van der Waals surface area contributed by atoms with Crippen molar-refractivity contribution in [1.82, 2.24) is 5.32 Å². The number of amides is 1. The van der Waals surface area contributed by atoms with E-state index in [1.54, 1.807) is 31.2 Å². The van der Waals surface area contributed by atoms with Gasteiger partial charge in [-0.05, 0) is 56.3 Å². The zero-order chi connectivity index (χ0) is 18.0. The van der Waals surface area contributed by atoms with Crippen LogP contribution in [-0.2, 0) is 0 Å². The molecule has 0 saturated heterocycles. The highest BCUT2D eigenvalue weighted by Gasteiger charge is 2.18. The molecule has 0 saturated carbocycles. The maximum atomic E-state index is 13.3. The Morgan fingerprint density at radius 3 is 2.72 bits per heavy atom. The highest BCUT2D eigenvalue weighted by atomic mass is 35.5. The van der Waals surface area contributed by atoms with Gasteiger partial charge in [-0.1, -0.05) is 11.6 Å². The van der Waals surface area contributed by atoms with E-state index in [0.717, 1.165) is 0 Å². The van der Waals surface area contributed by atoms with Crippen molar-refractivity contribution >= 4 is 28.5 Å². The Labute approximate surface area is 149 Å². The fourth-order valence-corrected chi connectivity index (χ4v) is 2.64. The molecule has 1 N–H and O–H groups in total. The molecule has 1 heterocycles. The van der Waals surface area contributed by atoms with Gasteiger partial charge in [-0.15, -0.1) is 0 Å². The molecule has 1 amide bonds. The van der Waals surface area contributed by atoms with Crippen molar-refractivity contribution in [1.29, 1.82) is 0 Å². The van der Waals surface area contributed by atoms with E-state index in [1.165, 1.54) is 18.2 Å². The van der Waals surface area contributed by atoms with Gasteiger partial charge in [0.15, 0.2) is 5.76 Å². The van der Waals surface area contributed by atoms with Crippen LogP contribution in [0.15, 0.2) is 46.9 Å². The van der Waals surface area contributed by atoms with Crippen LogP contribution in [-0.4, -0.2) is 18.6 Å². The van der Waals surface area contributed by atoms with Crippen molar-refractivity contribution in [3.8, 4) is 5.75 Å². The summed E-state index contributed by atoms with van der Waals surface area (Å²) in [6, 6.07) is 11.2. The number of carbonyl (C=O) groups excluding carboxylic acids is 1. The number of rotatable bonds is 5. The van der Waals surface area contributed by atoms with E-state index < -0.39 is 0 Å². The van der Waals surface area contributed by atoms with Gasteiger partial charge in [-0.2, -0.15) is 0 Å². The fourth-order valence-electron chi connectivity index (χ4n) is 2.51. The summed E-state index contributed by atoms with van der Waals surface area (Å²) in [6.07, 6.45) is -0.243. The second-order valence-corrected chi connectivity index (χ2v) is 6.23. The number of aryl methyl sites for hydroxylation is 1. The van der Waals surface area contributed by atoms with Crippen LogP contribution in [0, 0.1) is 12.7 Å². The first kappa shape index (κ1) is 17.3. The minimum atomic E-state index is -0.367. The highest BCUT2D eigenvalue weighted by Crippen LogP contribution is 2.26. The van der Waals surface area contributed by atoms with Gasteiger partial charge in [0.2, 0.25) is 0 Å². The first-order valence-electron chi connectivity index (χ1n) is 7.83. The predicted molar refractivity (Wildman–Crippen MR) is 94.8 cm³/mol. The van der Waals surface area contributed by atoms with Crippen molar-refractivity contribution in [2.75, 3.05) is 6.54 Å². The van der Waals surface area contributed by atoms with Gasteiger partial charge < -0.3 is 14.5 Å². The van der Waals surface area contributed by atoms with E-state index in [2.05, 4.69) is 5.32 Å². The minimum Gasteiger partial charge on any atom is -0.489 e. The monoisotopic (exact) mass is 361 g/mol. The Bertz CT molecular complexity index is 905. The zero-order valence-electron chi connectivity index (χ0n) is 13.8. The maximum Gasteiger partial charge on any atom is 0.287 e. The summed E-state index contributed by atoms with van der Waals surface area (Å²) in [6.45, 7) is 3.87. The lowest BCUT2D eigenvalue weighted by molar-refractivity contribution is 0.0906. The molecule has 25 heavy (non-hydrogen) atoms. The number of ether oxygens (including phenoxy) is 1. The van der Waals surface area contributed by atoms with E-state index in [1.807, 2.05) is 6.92 Å². The average Bonchev–Trinajstić information content (AvgIpc) is 2.91. The van der Waals surface area contributed by atoms with Gasteiger partial charge in [0, 0.05) is 16.0 Å². The molecule has 4 nitrogen and oxygen atoms in total. The van der Waals surface area contributed by atoms with E-state index in [4.69, 9.17) is 20.8 Å². The third kappa shape index (κ3) is 3.94. The lowest BCUT2D eigenvalue weighted by atomic mass is 10.1. The lowest BCUT2D eigenvalue weighted by Gasteiger charge is -2.15. The van der Waals surface area contributed by atoms with E-state index in [9.17, 15) is 9.18 Å². The van der Waals surface area contributed by atoms with Crippen LogP contribution >= 0.6 is 11.6 Å². The van der Waals surface area contributed by atoms with Crippen LogP contribution in [0.4, 0.5) is 4.39 Å². The fraction of sp³-hybridized carbons (Fsp3) is 0.211. The SMILES string of the molecule is Cc1c(C(=O)NC[C@H](C)Oc2ccc(Cl)cc2)oc2ccc(F)cc12. The lowest BCUT2D eigenvalue weighted by Crippen LogP contribution is -2.33. The summed E-state index contributed by atoms with van der Waals surface area (Å²) >= 11 is 5.83. The molecule has 0 spiro atoms. The van der Waals surface area contributed by atoms with Crippen molar-refractivity contribution in [2.24, 2.45) is 0 Å². The summed E-state index contributed by atoms with van der Waals surface area (Å²) < 4.78 is 24.6. The number of nitrogens with one attached hydrogen (secondary N) is 1. The Hall–Kier alpha value is -2.53. The molecule has 3 aromatic rings. The molecule has 0 unspecified atom stereocenters. The van der Waals surface area contributed by atoms with Crippen molar-refractivity contribution < 1.29 is 18.3 Å². The molecule has 2 aromatic carbocycles. The number of benzene rings is 2. The van der Waals surface area contributed by atoms with Crippen LogP contribution in [0.5, 0.6) is 5.75 Å². The molecular formula is C19H17ClFNO3. The van der Waals surface area contributed by atoms with Crippen molar-refractivity contribution in [2.45, 2.75) is 20.0 Å². The Morgan fingerprint density at radius 1 is 1.28 bits per heavy atom. The number of carbonyl (C=O) groups is 1. The van der Waals surface area contributed by atoms with E-state index in [-0.39, 0.29) is 23.6 Å². The minimum absolute atomic E-state index is 0.180. The van der Waals surface area contributed by atoms with E-state index >= 15 is 0 Å². The smallest absolute Gasteiger partial charge is 0.287 e. The Kier molecular flexibility index (Phi) is 4.95. The maximum absolute atomic E-state index is 13.3. The van der Waals surface area contributed by atoms with Gasteiger partial charge in [0.25, 0.3) is 5.91 Å². The van der Waals surface area contributed by atoms with E-state index in [0.29, 0.717) is 33.8 Å². The first-order valence-corrected chi connectivity index (χ1v) is 8.21. The number of hydrogen-bond acceptors (Lipinski definition) is 3. The molecule has 1 aromatic heterocycles. The zero-order valence-corrected chi connectivity index (χ0v) is 14.6. The largest absolute Gasteiger partial charge is 0.489 e. The molecule has 1 atom stereocenters. The standard InChI is InChI=1S/C19H17ClFNO3/c1-11(24-15-6-3-13(20)4-7-15)10-22-19(23)18-12(2)16-9-14(21)5-8-17(16)25-18/h3-9,11H,10H2,1-2H3,(H,22,23)/t11-/m0/s1. The summed E-state index contributed by atoms with van der Waals surface area (Å²) in [5.74, 6) is 0.120. The number of hydrogen-bond donors (Lipinski definition) is 1. The van der Waals surface area contributed by atoms with Gasteiger partial charge >= 0.3 is 0 Å². The topological polar surface area (TPSA) is 51.5 Å². The van der Waals surface area contributed by atoms with Crippen molar-refractivity contribution in [3.63, 3.8) is 0 Å². The molecular weight excluding hydrogens is 345 g/mol.